The highest BCUT2D eigenvalue weighted by atomic mass is 16.2. The van der Waals surface area contributed by atoms with Crippen LogP contribution in [0.25, 0.3) is 0 Å². The zero-order chi connectivity index (χ0) is 19.5. The SMILES string of the molecule is CCCCCNC(=O)c1nc(C(=O)N2CCc3ccccc32)n2c1CCCC2. The lowest BCUT2D eigenvalue weighted by atomic mass is 10.1. The summed E-state index contributed by atoms with van der Waals surface area (Å²) in [6, 6.07) is 8.02. The third-order valence-corrected chi connectivity index (χ3v) is 5.72. The molecule has 0 radical (unpaired) electrons. The molecule has 0 saturated heterocycles. The van der Waals surface area contributed by atoms with E-state index in [4.69, 9.17) is 0 Å². The molecule has 0 atom stereocenters. The monoisotopic (exact) mass is 380 g/mol. The molecule has 6 nitrogen and oxygen atoms in total. The first-order chi connectivity index (χ1) is 13.7. The summed E-state index contributed by atoms with van der Waals surface area (Å²) in [4.78, 5) is 32.4. The first-order valence-corrected chi connectivity index (χ1v) is 10.5. The van der Waals surface area contributed by atoms with Crippen molar-refractivity contribution in [2.24, 2.45) is 0 Å². The van der Waals surface area contributed by atoms with E-state index >= 15 is 0 Å². The number of unbranched alkanes of at least 4 members (excludes halogenated alkanes) is 2. The van der Waals surface area contributed by atoms with Crippen LogP contribution in [0.5, 0.6) is 0 Å². The van der Waals surface area contributed by atoms with Gasteiger partial charge in [-0.2, -0.15) is 0 Å². The normalized spacial score (nSPS) is 15.2. The van der Waals surface area contributed by atoms with Gasteiger partial charge in [0.15, 0.2) is 0 Å². The first kappa shape index (κ1) is 18.7. The molecule has 2 aliphatic heterocycles. The van der Waals surface area contributed by atoms with Crippen LogP contribution in [0.3, 0.4) is 0 Å². The Hall–Kier alpha value is -2.63. The molecule has 28 heavy (non-hydrogen) atoms. The van der Waals surface area contributed by atoms with Gasteiger partial charge in [0, 0.05) is 25.3 Å². The molecule has 148 valence electrons. The van der Waals surface area contributed by atoms with Crippen LogP contribution in [0.15, 0.2) is 24.3 Å². The summed E-state index contributed by atoms with van der Waals surface area (Å²) in [7, 11) is 0. The highest BCUT2D eigenvalue weighted by Crippen LogP contribution is 2.30. The number of fused-ring (bicyclic) bond motifs is 2. The van der Waals surface area contributed by atoms with Gasteiger partial charge in [0.25, 0.3) is 11.8 Å². The van der Waals surface area contributed by atoms with Crippen molar-refractivity contribution in [1.82, 2.24) is 14.9 Å². The average molecular weight is 380 g/mol. The average Bonchev–Trinajstić information content (AvgIpc) is 3.33. The van der Waals surface area contributed by atoms with E-state index in [1.54, 1.807) is 0 Å². The number of hydrogen-bond donors (Lipinski definition) is 1. The minimum absolute atomic E-state index is 0.0990. The summed E-state index contributed by atoms with van der Waals surface area (Å²) in [5.41, 5.74) is 3.50. The number of benzene rings is 1. The van der Waals surface area contributed by atoms with Crippen LogP contribution in [0.1, 0.15) is 71.4 Å². The van der Waals surface area contributed by atoms with Crippen LogP contribution in [0.2, 0.25) is 0 Å². The van der Waals surface area contributed by atoms with E-state index < -0.39 is 0 Å². The number of imidazole rings is 1. The lowest BCUT2D eigenvalue weighted by Crippen LogP contribution is -2.32. The molecule has 1 aromatic heterocycles. The van der Waals surface area contributed by atoms with E-state index in [0.717, 1.165) is 62.9 Å². The Morgan fingerprint density at radius 3 is 2.82 bits per heavy atom. The van der Waals surface area contributed by atoms with Crippen molar-refractivity contribution in [1.29, 1.82) is 0 Å². The number of carbonyl (C=O) groups is 2. The van der Waals surface area contributed by atoms with Crippen molar-refractivity contribution in [3.8, 4) is 0 Å². The van der Waals surface area contributed by atoms with Crippen LogP contribution in [-0.2, 0) is 19.4 Å². The minimum Gasteiger partial charge on any atom is -0.351 e. The number of nitrogens with zero attached hydrogens (tertiary/aromatic N) is 3. The largest absolute Gasteiger partial charge is 0.351 e. The van der Waals surface area contributed by atoms with Crippen LogP contribution in [0, 0.1) is 0 Å². The molecule has 1 N–H and O–H groups in total. The Kier molecular flexibility index (Phi) is 5.46. The van der Waals surface area contributed by atoms with E-state index in [2.05, 4.69) is 23.3 Å². The maximum absolute atomic E-state index is 13.3. The first-order valence-electron chi connectivity index (χ1n) is 10.5. The van der Waals surface area contributed by atoms with E-state index in [-0.39, 0.29) is 11.8 Å². The molecule has 2 amide bonds. The number of carbonyl (C=O) groups excluding carboxylic acids is 2. The van der Waals surface area contributed by atoms with E-state index in [1.165, 1.54) is 5.56 Å². The molecule has 0 unspecified atom stereocenters. The van der Waals surface area contributed by atoms with Gasteiger partial charge in [-0.3, -0.25) is 9.59 Å². The van der Waals surface area contributed by atoms with Gasteiger partial charge in [-0.15, -0.1) is 0 Å². The zero-order valence-corrected chi connectivity index (χ0v) is 16.5. The second-order valence-electron chi connectivity index (χ2n) is 7.64. The maximum atomic E-state index is 13.3. The lowest BCUT2D eigenvalue weighted by molar-refractivity contribution is 0.0947. The molecule has 0 spiro atoms. The molecule has 4 rings (SSSR count). The molecule has 3 heterocycles. The summed E-state index contributed by atoms with van der Waals surface area (Å²) in [6.45, 7) is 4.21. The summed E-state index contributed by atoms with van der Waals surface area (Å²) < 4.78 is 1.98. The Labute approximate surface area is 165 Å². The van der Waals surface area contributed by atoms with Gasteiger partial charge in [0.1, 0.15) is 5.69 Å². The second-order valence-corrected chi connectivity index (χ2v) is 7.64. The number of para-hydroxylation sites is 1. The van der Waals surface area contributed by atoms with E-state index in [0.29, 0.717) is 24.6 Å². The number of rotatable bonds is 6. The summed E-state index contributed by atoms with van der Waals surface area (Å²) in [6.07, 6.45) is 6.88. The highest BCUT2D eigenvalue weighted by Gasteiger charge is 2.32. The summed E-state index contributed by atoms with van der Waals surface area (Å²) in [5.74, 6) is 0.158. The Bertz CT molecular complexity index is 887. The van der Waals surface area contributed by atoms with Gasteiger partial charge in [0.05, 0.1) is 5.69 Å². The molecule has 2 aromatic rings. The maximum Gasteiger partial charge on any atom is 0.294 e. The number of amides is 2. The van der Waals surface area contributed by atoms with Crippen molar-refractivity contribution < 1.29 is 9.59 Å². The smallest absolute Gasteiger partial charge is 0.294 e. The highest BCUT2D eigenvalue weighted by molar-refractivity contribution is 6.06. The third-order valence-electron chi connectivity index (χ3n) is 5.72. The van der Waals surface area contributed by atoms with Gasteiger partial charge in [-0.05, 0) is 43.7 Å². The molecule has 0 aliphatic carbocycles. The van der Waals surface area contributed by atoms with Crippen LogP contribution >= 0.6 is 0 Å². The minimum atomic E-state index is -0.150. The molecule has 0 bridgehead atoms. The zero-order valence-electron chi connectivity index (χ0n) is 16.5. The van der Waals surface area contributed by atoms with Crippen LogP contribution in [0.4, 0.5) is 5.69 Å². The summed E-state index contributed by atoms with van der Waals surface area (Å²) in [5, 5.41) is 2.98. The molecule has 1 aromatic carbocycles. The van der Waals surface area contributed by atoms with Crippen molar-refractivity contribution in [2.75, 3.05) is 18.0 Å². The van der Waals surface area contributed by atoms with Crippen LogP contribution in [-0.4, -0.2) is 34.5 Å². The fourth-order valence-electron chi connectivity index (χ4n) is 4.22. The van der Waals surface area contributed by atoms with Crippen LogP contribution < -0.4 is 10.2 Å². The molecule has 0 saturated carbocycles. The predicted octanol–water partition coefficient (Wildman–Crippen LogP) is 3.34. The lowest BCUT2D eigenvalue weighted by Gasteiger charge is -2.20. The van der Waals surface area contributed by atoms with Gasteiger partial charge < -0.3 is 14.8 Å². The predicted molar refractivity (Wildman–Crippen MR) is 109 cm³/mol. The van der Waals surface area contributed by atoms with Crippen molar-refractivity contribution in [3.63, 3.8) is 0 Å². The Morgan fingerprint density at radius 2 is 1.96 bits per heavy atom. The molecule has 0 fully saturated rings. The number of anilines is 1. The van der Waals surface area contributed by atoms with Gasteiger partial charge in [-0.1, -0.05) is 38.0 Å². The number of aromatic nitrogens is 2. The van der Waals surface area contributed by atoms with Crippen molar-refractivity contribution in [2.45, 2.75) is 58.4 Å². The van der Waals surface area contributed by atoms with Gasteiger partial charge >= 0.3 is 0 Å². The molecular formula is C22H28N4O2. The molecule has 6 heteroatoms. The Balaban J connectivity index is 1.60. The fourth-order valence-corrected chi connectivity index (χ4v) is 4.22. The molecular weight excluding hydrogens is 352 g/mol. The number of hydrogen-bond acceptors (Lipinski definition) is 3. The fraction of sp³-hybridized carbons (Fsp3) is 0.500. The van der Waals surface area contributed by atoms with Crippen molar-refractivity contribution >= 4 is 17.5 Å². The molecule has 2 aliphatic rings. The van der Waals surface area contributed by atoms with Gasteiger partial charge in [-0.25, -0.2) is 4.98 Å². The van der Waals surface area contributed by atoms with Crippen molar-refractivity contribution in [3.05, 3.63) is 47.0 Å². The Morgan fingerprint density at radius 1 is 1.11 bits per heavy atom. The summed E-state index contributed by atoms with van der Waals surface area (Å²) >= 11 is 0. The van der Waals surface area contributed by atoms with E-state index in [1.807, 2.05) is 27.7 Å². The topological polar surface area (TPSA) is 67.2 Å². The van der Waals surface area contributed by atoms with Gasteiger partial charge in [0.2, 0.25) is 5.82 Å². The number of nitrogens with one attached hydrogen (secondary N) is 1. The van der Waals surface area contributed by atoms with E-state index in [9.17, 15) is 9.59 Å². The third kappa shape index (κ3) is 3.43. The standard InChI is InChI=1S/C22H28N4O2/c1-2-3-7-13-23-21(27)19-18-11-6-8-14-25(18)20(24-19)22(28)26-15-12-16-9-4-5-10-17(16)26/h4-5,9-10H,2-3,6-8,11-15H2,1H3,(H,23,27). The second kappa shape index (κ2) is 8.17. The quantitative estimate of drug-likeness (QED) is 0.782.